The quantitative estimate of drug-likeness (QED) is 0.627. The zero-order chi connectivity index (χ0) is 10.8. The van der Waals surface area contributed by atoms with Gasteiger partial charge in [0.2, 0.25) is 5.82 Å². The lowest BCUT2D eigenvalue weighted by molar-refractivity contribution is 0.432. The highest BCUT2D eigenvalue weighted by atomic mass is 35.5. The van der Waals surface area contributed by atoms with Gasteiger partial charge in [-0.25, -0.2) is 5.84 Å². The van der Waals surface area contributed by atoms with Crippen LogP contribution in [0.3, 0.4) is 0 Å². The Kier molecular flexibility index (Phi) is 2.77. The lowest BCUT2D eigenvalue weighted by atomic mass is 10.2. The summed E-state index contributed by atoms with van der Waals surface area (Å²) < 4.78 is 4.76. The fraction of sp³-hybridized carbons (Fsp3) is 0. The van der Waals surface area contributed by atoms with Crippen LogP contribution in [0.5, 0.6) is 0 Å². The summed E-state index contributed by atoms with van der Waals surface area (Å²) in [4.78, 5) is 3.95. The highest BCUT2D eigenvalue weighted by Gasteiger charge is 2.08. The standard InChI is InChI=1S/C8H6Cl2N4O/c9-5-1-4(2-6(10)3-5)7-12-8(13-11)15-14-7/h1-3H,11H2,(H,12,13,14). The number of aromatic nitrogens is 2. The topological polar surface area (TPSA) is 77.0 Å². The van der Waals surface area contributed by atoms with Crippen LogP contribution in [0.1, 0.15) is 0 Å². The Labute approximate surface area is 95.1 Å². The lowest BCUT2D eigenvalue weighted by Gasteiger charge is -1.96. The van der Waals surface area contributed by atoms with Crippen LogP contribution >= 0.6 is 23.2 Å². The Balaban J connectivity index is 2.44. The Morgan fingerprint density at radius 2 is 1.87 bits per heavy atom. The number of hydrazine groups is 1. The van der Waals surface area contributed by atoms with E-state index in [1.165, 1.54) is 0 Å². The molecule has 0 radical (unpaired) electrons. The molecule has 0 aliphatic heterocycles. The summed E-state index contributed by atoms with van der Waals surface area (Å²) in [5.74, 6) is 5.47. The van der Waals surface area contributed by atoms with E-state index in [1.807, 2.05) is 0 Å². The van der Waals surface area contributed by atoms with E-state index in [0.29, 0.717) is 21.4 Å². The fourth-order valence-corrected chi connectivity index (χ4v) is 1.61. The van der Waals surface area contributed by atoms with Gasteiger partial charge in [-0.1, -0.05) is 28.4 Å². The average molecular weight is 245 g/mol. The second-order valence-electron chi connectivity index (χ2n) is 2.73. The monoisotopic (exact) mass is 244 g/mol. The molecule has 1 aromatic heterocycles. The largest absolute Gasteiger partial charge is 0.335 e. The maximum atomic E-state index is 5.83. The predicted octanol–water partition coefficient (Wildman–Crippen LogP) is 2.33. The number of halogens is 2. The van der Waals surface area contributed by atoms with Gasteiger partial charge < -0.3 is 4.52 Å². The molecule has 3 N–H and O–H groups in total. The molecular formula is C8H6Cl2N4O. The minimum absolute atomic E-state index is 0.126. The summed E-state index contributed by atoms with van der Waals surface area (Å²) in [7, 11) is 0. The van der Waals surface area contributed by atoms with Gasteiger partial charge in [-0.2, -0.15) is 4.98 Å². The summed E-state index contributed by atoms with van der Waals surface area (Å²) in [6.45, 7) is 0. The van der Waals surface area contributed by atoms with Crippen molar-refractivity contribution in [2.75, 3.05) is 5.43 Å². The highest BCUT2D eigenvalue weighted by Crippen LogP contribution is 2.25. The van der Waals surface area contributed by atoms with Crippen LogP contribution in [0, 0.1) is 0 Å². The number of nitrogens with zero attached hydrogens (tertiary/aromatic N) is 2. The maximum Gasteiger partial charge on any atom is 0.335 e. The third-order valence-corrected chi connectivity index (χ3v) is 2.11. The van der Waals surface area contributed by atoms with Gasteiger partial charge in [0.25, 0.3) is 0 Å². The van der Waals surface area contributed by atoms with Crippen molar-refractivity contribution in [3.63, 3.8) is 0 Å². The summed E-state index contributed by atoms with van der Waals surface area (Å²) in [6.07, 6.45) is 0. The Morgan fingerprint density at radius 1 is 1.20 bits per heavy atom. The number of hydrogen-bond donors (Lipinski definition) is 2. The molecule has 1 heterocycles. The van der Waals surface area contributed by atoms with Crippen LogP contribution in [0.4, 0.5) is 6.01 Å². The number of anilines is 1. The van der Waals surface area contributed by atoms with E-state index in [2.05, 4.69) is 15.6 Å². The molecule has 0 aliphatic rings. The van der Waals surface area contributed by atoms with Gasteiger partial charge in [-0.15, -0.1) is 0 Å². The molecular weight excluding hydrogens is 239 g/mol. The zero-order valence-corrected chi connectivity index (χ0v) is 8.88. The molecule has 5 nitrogen and oxygen atoms in total. The van der Waals surface area contributed by atoms with Gasteiger partial charge in [0, 0.05) is 15.6 Å². The molecule has 15 heavy (non-hydrogen) atoms. The Bertz CT molecular complexity index is 465. The van der Waals surface area contributed by atoms with Crippen molar-refractivity contribution in [1.29, 1.82) is 0 Å². The van der Waals surface area contributed by atoms with Gasteiger partial charge in [-0.05, 0) is 18.2 Å². The fourth-order valence-electron chi connectivity index (χ4n) is 1.08. The molecule has 0 saturated carbocycles. The van der Waals surface area contributed by atoms with Crippen LogP contribution in [0.25, 0.3) is 11.4 Å². The summed E-state index contributed by atoms with van der Waals surface area (Å²) in [6, 6.07) is 5.10. The van der Waals surface area contributed by atoms with Crippen molar-refractivity contribution in [1.82, 2.24) is 10.1 Å². The Hall–Kier alpha value is -1.30. The van der Waals surface area contributed by atoms with Gasteiger partial charge in [-0.3, -0.25) is 5.43 Å². The SMILES string of the molecule is NNc1nc(-c2cc(Cl)cc(Cl)c2)no1. The van der Waals surface area contributed by atoms with E-state index in [-0.39, 0.29) is 6.01 Å². The van der Waals surface area contributed by atoms with E-state index in [9.17, 15) is 0 Å². The molecule has 2 aromatic rings. The van der Waals surface area contributed by atoms with Gasteiger partial charge in [0.1, 0.15) is 0 Å². The van der Waals surface area contributed by atoms with Gasteiger partial charge in [0.05, 0.1) is 0 Å². The van der Waals surface area contributed by atoms with E-state index >= 15 is 0 Å². The van der Waals surface area contributed by atoms with E-state index in [1.54, 1.807) is 18.2 Å². The number of benzene rings is 1. The molecule has 0 atom stereocenters. The van der Waals surface area contributed by atoms with Crippen molar-refractivity contribution in [2.24, 2.45) is 5.84 Å². The van der Waals surface area contributed by atoms with Crippen LogP contribution in [0.15, 0.2) is 22.7 Å². The van der Waals surface area contributed by atoms with Gasteiger partial charge in [0.15, 0.2) is 0 Å². The van der Waals surface area contributed by atoms with E-state index in [0.717, 1.165) is 0 Å². The van der Waals surface area contributed by atoms with Gasteiger partial charge >= 0.3 is 6.01 Å². The normalized spacial score (nSPS) is 10.3. The van der Waals surface area contributed by atoms with E-state index < -0.39 is 0 Å². The average Bonchev–Trinajstić information content (AvgIpc) is 2.64. The maximum absolute atomic E-state index is 5.83. The van der Waals surface area contributed by atoms with Crippen LogP contribution in [-0.2, 0) is 0 Å². The summed E-state index contributed by atoms with van der Waals surface area (Å²) in [5.41, 5.74) is 2.90. The smallest absolute Gasteiger partial charge is 0.314 e. The van der Waals surface area contributed by atoms with Crippen molar-refractivity contribution in [2.45, 2.75) is 0 Å². The number of rotatable bonds is 2. The minimum atomic E-state index is 0.126. The first kappa shape index (κ1) is 10.2. The van der Waals surface area contributed by atoms with Crippen molar-refractivity contribution >= 4 is 29.2 Å². The third kappa shape index (κ3) is 2.20. The lowest BCUT2D eigenvalue weighted by Crippen LogP contribution is -2.06. The molecule has 0 amide bonds. The van der Waals surface area contributed by atoms with Crippen LogP contribution < -0.4 is 11.3 Å². The second-order valence-corrected chi connectivity index (χ2v) is 3.60. The minimum Gasteiger partial charge on any atom is -0.314 e. The van der Waals surface area contributed by atoms with E-state index in [4.69, 9.17) is 33.6 Å². The highest BCUT2D eigenvalue weighted by molar-refractivity contribution is 6.35. The molecule has 78 valence electrons. The molecule has 1 aromatic carbocycles. The second kappa shape index (κ2) is 4.06. The summed E-state index contributed by atoms with van der Waals surface area (Å²) >= 11 is 11.7. The Morgan fingerprint density at radius 3 is 2.40 bits per heavy atom. The van der Waals surface area contributed by atoms with Crippen molar-refractivity contribution in [3.8, 4) is 11.4 Å². The van der Waals surface area contributed by atoms with Crippen molar-refractivity contribution < 1.29 is 4.52 Å². The van der Waals surface area contributed by atoms with Crippen molar-refractivity contribution in [3.05, 3.63) is 28.2 Å². The molecule has 0 unspecified atom stereocenters. The first-order valence-electron chi connectivity index (χ1n) is 3.96. The number of nitrogens with one attached hydrogen (secondary N) is 1. The number of nitrogens with two attached hydrogens (primary N) is 1. The third-order valence-electron chi connectivity index (χ3n) is 1.67. The summed E-state index contributed by atoms with van der Waals surface area (Å²) in [5, 5.41) is 4.70. The molecule has 0 bridgehead atoms. The number of nitrogen functional groups attached to an aromatic ring is 1. The molecule has 2 rings (SSSR count). The molecule has 0 aliphatic carbocycles. The molecule has 0 fully saturated rings. The molecule has 0 spiro atoms. The predicted molar refractivity (Wildman–Crippen MR) is 57.6 cm³/mol. The molecule has 0 saturated heterocycles. The van der Waals surface area contributed by atoms with Crippen LogP contribution in [0.2, 0.25) is 10.0 Å². The molecule has 7 heteroatoms. The first-order chi connectivity index (χ1) is 7.19. The first-order valence-corrected chi connectivity index (χ1v) is 4.71. The van der Waals surface area contributed by atoms with Crippen LogP contribution in [-0.4, -0.2) is 10.1 Å². The zero-order valence-electron chi connectivity index (χ0n) is 7.37. The number of hydrogen-bond acceptors (Lipinski definition) is 5.